The van der Waals surface area contributed by atoms with E-state index in [1.165, 1.54) is 0 Å². The van der Waals surface area contributed by atoms with Crippen molar-refractivity contribution in [2.24, 2.45) is 0 Å². The van der Waals surface area contributed by atoms with E-state index in [9.17, 15) is 14.4 Å². The van der Waals surface area contributed by atoms with Crippen molar-refractivity contribution in [2.45, 2.75) is 6.54 Å². The molecule has 2 amide bonds. The van der Waals surface area contributed by atoms with Gasteiger partial charge in [0.05, 0.1) is 6.54 Å². The van der Waals surface area contributed by atoms with Gasteiger partial charge in [0.15, 0.2) is 5.82 Å². The standard InChI is InChI=1S/C8H10N4O6/c13-6(14)2-12(3-7(15)16)8(17)9-1-5-10-4-18-11-5/h4H,1-3H2,(H,9,17)(H,13,14)(H,15,16). The average molecular weight is 258 g/mol. The second-order valence-electron chi connectivity index (χ2n) is 3.15. The van der Waals surface area contributed by atoms with Crippen LogP contribution in [0.5, 0.6) is 0 Å². The first-order valence-corrected chi connectivity index (χ1v) is 4.70. The zero-order valence-electron chi connectivity index (χ0n) is 9.07. The molecule has 0 saturated carbocycles. The Morgan fingerprint density at radius 1 is 1.28 bits per heavy atom. The number of carbonyl (C=O) groups excluding carboxylic acids is 1. The summed E-state index contributed by atoms with van der Waals surface area (Å²) < 4.78 is 4.42. The van der Waals surface area contributed by atoms with Crippen molar-refractivity contribution in [1.82, 2.24) is 20.4 Å². The van der Waals surface area contributed by atoms with Crippen LogP contribution in [-0.2, 0) is 16.1 Å². The van der Waals surface area contributed by atoms with Gasteiger partial charge < -0.3 is 25.0 Å². The van der Waals surface area contributed by atoms with Gasteiger partial charge in [-0.2, -0.15) is 4.98 Å². The summed E-state index contributed by atoms with van der Waals surface area (Å²) in [5.74, 6) is -2.44. The van der Waals surface area contributed by atoms with Crippen LogP contribution in [0.15, 0.2) is 10.9 Å². The maximum absolute atomic E-state index is 11.5. The van der Waals surface area contributed by atoms with E-state index in [1.807, 2.05) is 0 Å². The lowest BCUT2D eigenvalue weighted by molar-refractivity contribution is -0.140. The molecule has 98 valence electrons. The normalized spacial score (nSPS) is 9.78. The first-order valence-electron chi connectivity index (χ1n) is 4.70. The first-order chi connectivity index (χ1) is 8.49. The van der Waals surface area contributed by atoms with Crippen LogP contribution in [0.3, 0.4) is 0 Å². The summed E-state index contributed by atoms with van der Waals surface area (Å²) in [5.41, 5.74) is 0. The first kappa shape index (κ1) is 13.4. The van der Waals surface area contributed by atoms with Gasteiger partial charge >= 0.3 is 18.0 Å². The Bertz CT molecular complexity index is 415. The molecule has 1 rings (SSSR count). The van der Waals surface area contributed by atoms with Gasteiger partial charge in [-0.05, 0) is 0 Å². The van der Waals surface area contributed by atoms with E-state index in [2.05, 4.69) is 20.0 Å². The van der Waals surface area contributed by atoms with Crippen LogP contribution in [0.1, 0.15) is 5.82 Å². The van der Waals surface area contributed by atoms with Gasteiger partial charge in [-0.15, -0.1) is 0 Å². The highest BCUT2D eigenvalue weighted by Crippen LogP contribution is 1.93. The smallest absolute Gasteiger partial charge is 0.323 e. The summed E-state index contributed by atoms with van der Waals surface area (Å²) in [5, 5.41) is 22.8. The molecular formula is C8H10N4O6. The van der Waals surface area contributed by atoms with Gasteiger partial charge in [0.1, 0.15) is 13.1 Å². The number of carboxylic acids is 2. The molecule has 0 fully saturated rings. The van der Waals surface area contributed by atoms with Crippen LogP contribution >= 0.6 is 0 Å². The molecule has 1 aromatic rings. The van der Waals surface area contributed by atoms with E-state index in [1.54, 1.807) is 0 Å². The molecule has 0 aliphatic rings. The number of hydrogen-bond acceptors (Lipinski definition) is 6. The fraction of sp³-hybridized carbons (Fsp3) is 0.375. The Morgan fingerprint density at radius 2 is 1.89 bits per heavy atom. The fourth-order valence-corrected chi connectivity index (χ4v) is 1.06. The number of amides is 2. The molecule has 1 heterocycles. The third-order valence-corrected chi connectivity index (χ3v) is 1.74. The molecule has 1 aromatic heterocycles. The summed E-state index contributed by atoms with van der Waals surface area (Å²) in [7, 11) is 0. The fourth-order valence-electron chi connectivity index (χ4n) is 1.06. The van der Waals surface area contributed by atoms with E-state index in [-0.39, 0.29) is 12.4 Å². The molecule has 0 aromatic carbocycles. The molecule has 0 spiro atoms. The van der Waals surface area contributed by atoms with Crippen LogP contribution in [0.25, 0.3) is 0 Å². The van der Waals surface area contributed by atoms with Gasteiger partial charge in [0.25, 0.3) is 0 Å². The van der Waals surface area contributed by atoms with Gasteiger partial charge in [0.2, 0.25) is 6.39 Å². The predicted octanol–water partition coefficient (Wildman–Crippen LogP) is -1.25. The maximum atomic E-state index is 11.5. The molecular weight excluding hydrogens is 248 g/mol. The largest absolute Gasteiger partial charge is 0.480 e. The topological polar surface area (TPSA) is 146 Å². The van der Waals surface area contributed by atoms with Gasteiger partial charge in [0, 0.05) is 0 Å². The maximum Gasteiger partial charge on any atom is 0.323 e. The van der Waals surface area contributed by atoms with Gasteiger partial charge in [-0.1, -0.05) is 5.16 Å². The lowest BCUT2D eigenvalue weighted by Gasteiger charge is -2.18. The minimum Gasteiger partial charge on any atom is -0.480 e. The van der Waals surface area contributed by atoms with Crippen molar-refractivity contribution in [3.63, 3.8) is 0 Å². The van der Waals surface area contributed by atoms with Gasteiger partial charge in [-0.3, -0.25) is 9.59 Å². The lowest BCUT2D eigenvalue weighted by atomic mass is 10.5. The Balaban J connectivity index is 2.52. The molecule has 0 radical (unpaired) electrons. The van der Waals surface area contributed by atoms with E-state index < -0.39 is 31.1 Å². The highest BCUT2D eigenvalue weighted by Gasteiger charge is 2.19. The van der Waals surface area contributed by atoms with Crippen molar-refractivity contribution in [3.05, 3.63) is 12.2 Å². The van der Waals surface area contributed by atoms with Crippen molar-refractivity contribution < 1.29 is 29.1 Å². The Kier molecular flexibility index (Phi) is 4.60. The van der Waals surface area contributed by atoms with Crippen molar-refractivity contribution in [2.75, 3.05) is 13.1 Å². The molecule has 18 heavy (non-hydrogen) atoms. The van der Waals surface area contributed by atoms with E-state index in [0.29, 0.717) is 4.90 Å². The van der Waals surface area contributed by atoms with Crippen LogP contribution in [0.4, 0.5) is 4.79 Å². The molecule has 0 atom stereocenters. The minimum absolute atomic E-state index is 0.0922. The van der Waals surface area contributed by atoms with Crippen LogP contribution in [0, 0.1) is 0 Å². The second kappa shape index (κ2) is 6.18. The highest BCUT2D eigenvalue weighted by molar-refractivity contribution is 5.83. The highest BCUT2D eigenvalue weighted by atomic mass is 16.5. The predicted molar refractivity (Wildman–Crippen MR) is 53.4 cm³/mol. The Morgan fingerprint density at radius 3 is 2.33 bits per heavy atom. The number of rotatable bonds is 6. The quantitative estimate of drug-likeness (QED) is 0.573. The van der Waals surface area contributed by atoms with Crippen LogP contribution < -0.4 is 5.32 Å². The third kappa shape index (κ3) is 4.47. The molecule has 10 nitrogen and oxygen atoms in total. The summed E-state index contributed by atoms with van der Waals surface area (Å²) >= 11 is 0. The van der Waals surface area contributed by atoms with E-state index in [4.69, 9.17) is 10.2 Å². The Hall–Kier alpha value is -2.65. The number of aromatic nitrogens is 2. The Labute approximate surface area is 100 Å². The van der Waals surface area contributed by atoms with Gasteiger partial charge in [-0.25, -0.2) is 4.79 Å². The molecule has 0 unspecified atom stereocenters. The zero-order valence-corrected chi connectivity index (χ0v) is 9.07. The molecule has 0 saturated heterocycles. The molecule has 0 aliphatic heterocycles. The van der Waals surface area contributed by atoms with E-state index in [0.717, 1.165) is 6.39 Å². The summed E-state index contributed by atoms with van der Waals surface area (Å²) in [6.07, 6.45) is 1.06. The number of hydrogen-bond donors (Lipinski definition) is 3. The second-order valence-corrected chi connectivity index (χ2v) is 3.15. The van der Waals surface area contributed by atoms with Crippen molar-refractivity contribution >= 4 is 18.0 Å². The summed E-state index contributed by atoms with van der Waals surface area (Å²) in [4.78, 5) is 36.7. The number of urea groups is 1. The third-order valence-electron chi connectivity index (χ3n) is 1.74. The monoisotopic (exact) mass is 258 g/mol. The SMILES string of the molecule is O=C(O)CN(CC(=O)O)C(=O)NCc1ncon1. The van der Waals surface area contributed by atoms with Crippen LogP contribution in [-0.4, -0.2) is 56.3 Å². The zero-order chi connectivity index (χ0) is 13.5. The van der Waals surface area contributed by atoms with Crippen molar-refractivity contribution in [1.29, 1.82) is 0 Å². The number of nitrogens with one attached hydrogen (secondary N) is 1. The number of carboxylic acid groups (broad SMARTS) is 2. The van der Waals surface area contributed by atoms with Crippen molar-refractivity contribution in [3.8, 4) is 0 Å². The summed E-state index contributed by atoms with van der Waals surface area (Å²) in [6.45, 7) is -1.53. The number of aliphatic carboxylic acids is 2. The van der Waals surface area contributed by atoms with E-state index >= 15 is 0 Å². The lowest BCUT2D eigenvalue weighted by Crippen LogP contribution is -2.45. The minimum atomic E-state index is -1.31. The molecule has 0 bridgehead atoms. The molecule has 10 heteroatoms. The molecule has 0 aliphatic carbocycles. The summed E-state index contributed by atoms with van der Waals surface area (Å²) in [6, 6.07) is -0.843. The average Bonchev–Trinajstić information content (AvgIpc) is 2.76. The number of nitrogens with zero attached hydrogens (tertiary/aromatic N) is 3. The molecule has 3 N–H and O–H groups in total. The van der Waals surface area contributed by atoms with Crippen LogP contribution in [0.2, 0.25) is 0 Å². The number of carbonyl (C=O) groups is 3.